The lowest BCUT2D eigenvalue weighted by Gasteiger charge is -2.29. The molecule has 1 aliphatic rings. The van der Waals surface area contributed by atoms with E-state index in [2.05, 4.69) is 43.0 Å². The molecule has 0 saturated heterocycles. The molecule has 30 heavy (non-hydrogen) atoms. The lowest BCUT2D eigenvalue weighted by atomic mass is 9.77. The van der Waals surface area contributed by atoms with E-state index in [4.69, 9.17) is 4.74 Å². The predicted molar refractivity (Wildman–Crippen MR) is 128 cm³/mol. The highest BCUT2D eigenvalue weighted by Gasteiger charge is 2.21. The van der Waals surface area contributed by atoms with E-state index in [1.165, 1.54) is 69.8 Å². The Kier molecular flexibility index (Phi) is 9.36. The van der Waals surface area contributed by atoms with Crippen LogP contribution in [0.4, 0.5) is 0 Å². The molecule has 1 nitrogen and oxygen atoms in total. The van der Waals surface area contributed by atoms with Crippen molar-refractivity contribution in [2.75, 3.05) is 6.61 Å². The van der Waals surface area contributed by atoms with Crippen LogP contribution in [0.3, 0.4) is 0 Å². The van der Waals surface area contributed by atoms with Crippen molar-refractivity contribution >= 4 is 0 Å². The number of rotatable bonds is 9. The SMILES string of the molecule is CCCCCCCC1CCC(c2ccc(C#Cc3ccc(OCC)cc3)cc2)CC1. The maximum Gasteiger partial charge on any atom is 0.119 e. The topological polar surface area (TPSA) is 9.23 Å². The molecule has 0 unspecified atom stereocenters. The maximum atomic E-state index is 5.49. The summed E-state index contributed by atoms with van der Waals surface area (Å²) < 4.78 is 5.49. The molecule has 1 heteroatoms. The highest BCUT2D eigenvalue weighted by Crippen LogP contribution is 2.37. The maximum absolute atomic E-state index is 5.49. The van der Waals surface area contributed by atoms with Gasteiger partial charge in [-0.2, -0.15) is 0 Å². The van der Waals surface area contributed by atoms with Gasteiger partial charge in [-0.3, -0.25) is 0 Å². The van der Waals surface area contributed by atoms with Gasteiger partial charge >= 0.3 is 0 Å². The molecule has 0 heterocycles. The van der Waals surface area contributed by atoms with Gasteiger partial charge in [0.15, 0.2) is 0 Å². The Morgan fingerprint density at radius 1 is 0.733 bits per heavy atom. The first-order valence-corrected chi connectivity index (χ1v) is 12.1. The Bertz CT molecular complexity index is 783. The third-order valence-corrected chi connectivity index (χ3v) is 6.46. The smallest absolute Gasteiger partial charge is 0.119 e. The minimum atomic E-state index is 0.693. The molecular weight excluding hydrogens is 364 g/mol. The van der Waals surface area contributed by atoms with Gasteiger partial charge in [0.25, 0.3) is 0 Å². The second-order valence-electron chi connectivity index (χ2n) is 8.75. The van der Waals surface area contributed by atoms with Crippen LogP contribution in [0.1, 0.15) is 101 Å². The first-order valence-electron chi connectivity index (χ1n) is 12.1. The zero-order valence-electron chi connectivity index (χ0n) is 19.0. The van der Waals surface area contributed by atoms with Crippen LogP contribution in [0.15, 0.2) is 48.5 Å². The van der Waals surface area contributed by atoms with Crippen molar-refractivity contribution < 1.29 is 4.74 Å². The van der Waals surface area contributed by atoms with E-state index in [1.807, 2.05) is 31.2 Å². The Morgan fingerprint density at radius 2 is 1.33 bits per heavy atom. The van der Waals surface area contributed by atoms with Gasteiger partial charge in [0.2, 0.25) is 0 Å². The average molecular weight is 403 g/mol. The molecule has 1 fully saturated rings. The Morgan fingerprint density at radius 3 is 1.93 bits per heavy atom. The quantitative estimate of drug-likeness (QED) is 0.304. The third kappa shape index (κ3) is 7.24. The largest absolute Gasteiger partial charge is 0.494 e. The second kappa shape index (κ2) is 12.5. The van der Waals surface area contributed by atoms with Crippen LogP contribution in [0, 0.1) is 17.8 Å². The zero-order valence-corrected chi connectivity index (χ0v) is 19.0. The first kappa shape index (κ1) is 22.5. The van der Waals surface area contributed by atoms with Crippen molar-refractivity contribution in [3.05, 3.63) is 65.2 Å². The summed E-state index contributed by atoms with van der Waals surface area (Å²) >= 11 is 0. The van der Waals surface area contributed by atoms with Gasteiger partial charge in [-0.15, -0.1) is 0 Å². The summed E-state index contributed by atoms with van der Waals surface area (Å²) in [6.45, 7) is 4.99. The molecule has 0 N–H and O–H groups in total. The Labute approximate surface area is 184 Å². The van der Waals surface area contributed by atoms with Crippen LogP contribution in [0.5, 0.6) is 5.75 Å². The van der Waals surface area contributed by atoms with Crippen LogP contribution < -0.4 is 4.74 Å². The molecule has 0 aromatic heterocycles. The van der Waals surface area contributed by atoms with Crippen LogP contribution in [-0.2, 0) is 0 Å². The fraction of sp³-hybridized carbons (Fsp3) is 0.517. The highest BCUT2D eigenvalue weighted by molar-refractivity contribution is 5.45. The van der Waals surface area contributed by atoms with Crippen LogP contribution in [0.25, 0.3) is 0 Å². The normalized spacial score (nSPS) is 18.5. The molecule has 1 aliphatic carbocycles. The summed E-state index contributed by atoms with van der Waals surface area (Å²) in [6.07, 6.45) is 14.1. The minimum Gasteiger partial charge on any atom is -0.494 e. The summed E-state index contributed by atoms with van der Waals surface area (Å²) in [7, 11) is 0. The van der Waals surface area contributed by atoms with Crippen molar-refractivity contribution in [2.24, 2.45) is 5.92 Å². The van der Waals surface area contributed by atoms with Gasteiger partial charge in [-0.1, -0.05) is 69.4 Å². The van der Waals surface area contributed by atoms with E-state index in [1.54, 1.807) is 0 Å². The first-order chi connectivity index (χ1) is 14.8. The Hall–Kier alpha value is -2.20. The molecule has 3 rings (SSSR count). The second-order valence-corrected chi connectivity index (χ2v) is 8.75. The fourth-order valence-corrected chi connectivity index (χ4v) is 4.61. The zero-order chi connectivity index (χ0) is 21.0. The molecule has 0 atom stereocenters. The standard InChI is InChI=1S/C29H38O/c1-3-5-6-7-8-9-24-12-18-27(19-13-24)28-20-14-25(15-21-28)10-11-26-16-22-29(23-17-26)30-4-2/h14-17,20-24,27H,3-9,12-13,18-19H2,1-2H3. The summed E-state index contributed by atoms with van der Waals surface area (Å²) in [6, 6.07) is 17.0. The van der Waals surface area contributed by atoms with E-state index in [9.17, 15) is 0 Å². The van der Waals surface area contributed by atoms with E-state index in [0.29, 0.717) is 6.61 Å². The van der Waals surface area contributed by atoms with Gasteiger partial charge in [0.1, 0.15) is 5.75 Å². The molecule has 0 amide bonds. The summed E-state index contributed by atoms with van der Waals surface area (Å²) in [5, 5.41) is 0. The lowest BCUT2D eigenvalue weighted by molar-refractivity contribution is 0.302. The molecule has 1 saturated carbocycles. The average Bonchev–Trinajstić information content (AvgIpc) is 2.79. The van der Waals surface area contributed by atoms with Crippen molar-refractivity contribution in [3.8, 4) is 17.6 Å². The monoisotopic (exact) mass is 402 g/mol. The van der Waals surface area contributed by atoms with E-state index in [0.717, 1.165) is 28.7 Å². The van der Waals surface area contributed by atoms with Gasteiger partial charge < -0.3 is 4.74 Å². The van der Waals surface area contributed by atoms with Crippen LogP contribution >= 0.6 is 0 Å². The summed E-state index contributed by atoms with van der Waals surface area (Å²) in [5.41, 5.74) is 3.62. The minimum absolute atomic E-state index is 0.693. The van der Waals surface area contributed by atoms with Gasteiger partial charge in [-0.05, 0) is 86.4 Å². The van der Waals surface area contributed by atoms with Crippen molar-refractivity contribution in [1.29, 1.82) is 0 Å². The molecular formula is C29H38O. The van der Waals surface area contributed by atoms with Crippen LogP contribution in [0.2, 0.25) is 0 Å². The van der Waals surface area contributed by atoms with Crippen molar-refractivity contribution in [3.63, 3.8) is 0 Å². The number of hydrogen-bond acceptors (Lipinski definition) is 1. The summed E-state index contributed by atoms with van der Waals surface area (Å²) in [5.74, 6) is 9.18. The highest BCUT2D eigenvalue weighted by atomic mass is 16.5. The van der Waals surface area contributed by atoms with Gasteiger partial charge in [0, 0.05) is 11.1 Å². The van der Waals surface area contributed by atoms with Crippen molar-refractivity contribution in [2.45, 2.75) is 84.0 Å². The molecule has 0 bridgehead atoms. The molecule has 0 spiro atoms. The third-order valence-electron chi connectivity index (χ3n) is 6.46. The number of unbranched alkanes of at least 4 members (excludes halogenated alkanes) is 4. The van der Waals surface area contributed by atoms with Gasteiger partial charge in [0.05, 0.1) is 6.61 Å². The fourth-order valence-electron chi connectivity index (χ4n) is 4.61. The number of ether oxygens (including phenoxy) is 1. The lowest BCUT2D eigenvalue weighted by Crippen LogP contribution is -2.13. The van der Waals surface area contributed by atoms with E-state index in [-0.39, 0.29) is 0 Å². The Balaban J connectivity index is 1.45. The number of benzene rings is 2. The van der Waals surface area contributed by atoms with Crippen LogP contribution in [-0.4, -0.2) is 6.61 Å². The molecule has 0 radical (unpaired) electrons. The van der Waals surface area contributed by atoms with E-state index < -0.39 is 0 Å². The molecule has 160 valence electrons. The molecule has 0 aliphatic heterocycles. The predicted octanol–water partition coefficient (Wildman–Crippen LogP) is 8.12. The molecule has 2 aromatic carbocycles. The number of hydrogen-bond donors (Lipinski definition) is 0. The van der Waals surface area contributed by atoms with E-state index >= 15 is 0 Å². The van der Waals surface area contributed by atoms with Crippen molar-refractivity contribution in [1.82, 2.24) is 0 Å². The molecule has 2 aromatic rings. The summed E-state index contributed by atoms with van der Waals surface area (Å²) in [4.78, 5) is 0. The van der Waals surface area contributed by atoms with Gasteiger partial charge in [-0.25, -0.2) is 0 Å².